The lowest BCUT2D eigenvalue weighted by Gasteiger charge is -2.09. The number of benzene rings is 1. The molecule has 9 nitrogen and oxygen atoms in total. The Labute approximate surface area is 160 Å². The van der Waals surface area contributed by atoms with Gasteiger partial charge in [-0.1, -0.05) is 18.2 Å². The Balaban J connectivity index is 1.46. The van der Waals surface area contributed by atoms with Crippen LogP contribution >= 0.6 is 0 Å². The van der Waals surface area contributed by atoms with Crippen LogP contribution in [0.15, 0.2) is 67.4 Å². The Bertz CT molecular complexity index is 1090. The molecule has 4 aromatic rings. The molecule has 140 valence electrons. The number of amides is 1. The summed E-state index contributed by atoms with van der Waals surface area (Å²) in [6.45, 7) is 0.0577. The van der Waals surface area contributed by atoms with Gasteiger partial charge < -0.3 is 10.1 Å². The molecule has 0 aliphatic rings. The van der Waals surface area contributed by atoms with Gasteiger partial charge in [0.05, 0.1) is 30.9 Å². The van der Waals surface area contributed by atoms with Crippen molar-refractivity contribution >= 4 is 11.7 Å². The predicted molar refractivity (Wildman–Crippen MR) is 102 cm³/mol. The Morgan fingerprint density at radius 3 is 2.82 bits per heavy atom. The van der Waals surface area contributed by atoms with E-state index in [0.717, 1.165) is 11.3 Å². The smallest absolute Gasteiger partial charge is 0.247 e. The van der Waals surface area contributed by atoms with E-state index in [0.29, 0.717) is 17.4 Å². The van der Waals surface area contributed by atoms with Crippen molar-refractivity contribution in [1.29, 1.82) is 0 Å². The highest BCUT2D eigenvalue weighted by atomic mass is 16.5. The molecule has 0 radical (unpaired) electrons. The normalized spacial score (nSPS) is 10.6. The van der Waals surface area contributed by atoms with Crippen molar-refractivity contribution in [2.75, 3.05) is 12.4 Å². The van der Waals surface area contributed by atoms with Gasteiger partial charge in [0.15, 0.2) is 0 Å². The molecule has 0 fully saturated rings. The lowest BCUT2D eigenvalue weighted by Crippen LogP contribution is -2.20. The third kappa shape index (κ3) is 3.73. The van der Waals surface area contributed by atoms with Crippen molar-refractivity contribution in [2.45, 2.75) is 6.54 Å². The molecule has 0 saturated heterocycles. The number of methoxy groups -OCH3 is 1. The van der Waals surface area contributed by atoms with E-state index in [1.165, 1.54) is 6.33 Å². The molecule has 1 N–H and O–H groups in total. The molecule has 0 bridgehead atoms. The second-order valence-corrected chi connectivity index (χ2v) is 5.88. The lowest BCUT2D eigenvalue weighted by molar-refractivity contribution is -0.116. The zero-order chi connectivity index (χ0) is 19.3. The van der Waals surface area contributed by atoms with E-state index in [1.807, 2.05) is 30.3 Å². The van der Waals surface area contributed by atoms with Gasteiger partial charge >= 0.3 is 0 Å². The van der Waals surface area contributed by atoms with Crippen LogP contribution in [0.25, 0.3) is 16.9 Å². The summed E-state index contributed by atoms with van der Waals surface area (Å²) in [4.78, 5) is 20.6. The van der Waals surface area contributed by atoms with E-state index in [9.17, 15) is 4.79 Å². The van der Waals surface area contributed by atoms with E-state index in [1.54, 1.807) is 47.2 Å². The zero-order valence-electron chi connectivity index (χ0n) is 15.1. The highest BCUT2D eigenvalue weighted by Crippen LogP contribution is 2.19. The Morgan fingerprint density at radius 2 is 2.00 bits per heavy atom. The Morgan fingerprint density at radius 1 is 1.14 bits per heavy atom. The molecule has 1 amide bonds. The number of carbonyl (C=O) groups is 1. The van der Waals surface area contributed by atoms with E-state index in [4.69, 9.17) is 4.74 Å². The van der Waals surface area contributed by atoms with Crippen molar-refractivity contribution in [3.8, 4) is 22.8 Å². The number of hydrogen-bond donors (Lipinski definition) is 1. The standard InChI is InChI=1S/C19H17N7O2/c1-28-19-9-16(20-13-21-19)14-10-23-25(11-14)12-18(27)24-17-7-8-22-26(17)15-5-3-2-4-6-15/h2-11,13H,12H2,1H3,(H,24,27). The topological polar surface area (TPSA) is 99.8 Å². The van der Waals surface area contributed by atoms with Gasteiger partial charge in [-0.25, -0.2) is 14.6 Å². The lowest BCUT2D eigenvalue weighted by atomic mass is 10.2. The van der Waals surface area contributed by atoms with Crippen LogP contribution in [0.5, 0.6) is 5.88 Å². The number of rotatable bonds is 6. The Hall–Kier alpha value is -4.01. The van der Waals surface area contributed by atoms with Crippen LogP contribution in [0.1, 0.15) is 0 Å². The quantitative estimate of drug-likeness (QED) is 0.554. The number of nitrogens with one attached hydrogen (secondary N) is 1. The van der Waals surface area contributed by atoms with Gasteiger partial charge in [-0.3, -0.25) is 9.48 Å². The van der Waals surface area contributed by atoms with Crippen LogP contribution in [0.4, 0.5) is 5.82 Å². The average Bonchev–Trinajstić information content (AvgIpc) is 3.38. The summed E-state index contributed by atoms with van der Waals surface area (Å²) in [5.41, 5.74) is 2.30. The fourth-order valence-corrected chi connectivity index (χ4v) is 2.69. The molecule has 9 heteroatoms. The first kappa shape index (κ1) is 17.4. The molecule has 4 rings (SSSR count). The van der Waals surface area contributed by atoms with Gasteiger partial charge in [0, 0.05) is 23.9 Å². The third-order valence-corrected chi connectivity index (χ3v) is 4.00. The maximum atomic E-state index is 12.5. The maximum absolute atomic E-state index is 12.5. The number of hydrogen-bond acceptors (Lipinski definition) is 6. The minimum atomic E-state index is -0.215. The monoisotopic (exact) mass is 375 g/mol. The number of anilines is 1. The molecular formula is C19H17N7O2. The molecule has 0 aliphatic carbocycles. The molecule has 3 aromatic heterocycles. The van der Waals surface area contributed by atoms with Gasteiger partial charge in [0.25, 0.3) is 0 Å². The van der Waals surface area contributed by atoms with Crippen LogP contribution < -0.4 is 10.1 Å². The molecule has 0 spiro atoms. The molecular weight excluding hydrogens is 358 g/mol. The maximum Gasteiger partial charge on any atom is 0.247 e. The third-order valence-electron chi connectivity index (χ3n) is 4.00. The van der Waals surface area contributed by atoms with Crippen LogP contribution in [0.2, 0.25) is 0 Å². The molecule has 0 aliphatic heterocycles. The SMILES string of the molecule is COc1cc(-c2cnn(CC(=O)Nc3ccnn3-c3ccccc3)c2)ncn1. The fourth-order valence-electron chi connectivity index (χ4n) is 2.69. The van der Waals surface area contributed by atoms with Gasteiger partial charge in [0.2, 0.25) is 11.8 Å². The predicted octanol–water partition coefficient (Wildman–Crippen LogP) is 2.17. The second kappa shape index (κ2) is 7.70. The van der Waals surface area contributed by atoms with E-state index in [-0.39, 0.29) is 12.5 Å². The second-order valence-electron chi connectivity index (χ2n) is 5.88. The van der Waals surface area contributed by atoms with E-state index >= 15 is 0 Å². The number of aromatic nitrogens is 6. The number of nitrogens with zero attached hydrogens (tertiary/aromatic N) is 6. The number of ether oxygens (including phenoxy) is 1. The first-order chi connectivity index (χ1) is 13.7. The first-order valence-electron chi connectivity index (χ1n) is 8.51. The zero-order valence-corrected chi connectivity index (χ0v) is 15.1. The Kier molecular flexibility index (Phi) is 4.79. The number of carbonyl (C=O) groups excluding carboxylic acids is 1. The van der Waals surface area contributed by atoms with Crippen LogP contribution in [-0.2, 0) is 11.3 Å². The molecule has 28 heavy (non-hydrogen) atoms. The summed E-state index contributed by atoms with van der Waals surface area (Å²) < 4.78 is 8.31. The number of para-hydroxylation sites is 1. The fraction of sp³-hybridized carbons (Fsp3) is 0.105. The van der Waals surface area contributed by atoms with Crippen LogP contribution in [0.3, 0.4) is 0 Å². The highest BCUT2D eigenvalue weighted by molar-refractivity contribution is 5.90. The minimum absolute atomic E-state index is 0.0577. The average molecular weight is 375 g/mol. The van der Waals surface area contributed by atoms with Crippen molar-refractivity contribution in [1.82, 2.24) is 29.5 Å². The summed E-state index contributed by atoms with van der Waals surface area (Å²) in [6.07, 6.45) is 6.44. The molecule has 1 aromatic carbocycles. The summed E-state index contributed by atoms with van der Waals surface area (Å²) in [5.74, 6) is 0.835. The van der Waals surface area contributed by atoms with Gasteiger partial charge in [-0.15, -0.1) is 0 Å². The molecule has 0 atom stereocenters. The first-order valence-corrected chi connectivity index (χ1v) is 8.51. The van der Waals surface area contributed by atoms with Crippen LogP contribution in [0, 0.1) is 0 Å². The minimum Gasteiger partial charge on any atom is -0.481 e. The largest absolute Gasteiger partial charge is 0.481 e. The van der Waals surface area contributed by atoms with Gasteiger partial charge in [-0.2, -0.15) is 10.2 Å². The van der Waals surface area contributed by atoms with Crippen molar-refractivity contribution < 1.29 is 9.53 Å². The summed E-state index contributed by atoms with van der Waals surface area (Å²) >= 11 is 0. The molecule has 3 heterocycles. The van der Waals surface area contributed by atoms with Crippen molar-refractivity contribution in [3.63, 3.8) is 0 Å². The van der Waals surface area contributed by atoms with Gasteiger partial charge in [-0.05, 0) is 12.1 Å². The summed E-state index contributed by atoms with van der Waals surface area (Å²) in [7, 11) is 1.54. The van der Waals surface area contributed by atoms with E-state index < -0.39 is 0 Å². The van der Waals surface area contributed by atoms with Crippen LogP contribution in [-0.4, -0.2) is 42.5 Å². The van der Waals surface area contributed by atoms with Crippen molar-refractivity contribution in [2.24, 2.45) is 0 Å². The highest BCUT2D eigenvalue weighted by Gasteiger charge is 2.11. The molecule has 0 saturated carbocycles. The summed E-state index contributed by atoms with van der Waals surface area (Å²) in [6, 6.07) is 13.0. The van der Waals surface area contributed by atoms with Gasteiger partial charge in [0.1, 0.15) is 18.7 Å². The van der Waals surface area contributed by atoms with Crippen molar-refractivity contribution in [3.05, 3.63) is 67.4 Å². The van der Waals surface area contributed by atoms with E-state index in [2.05, 4.69) is 25.5 Å². The molecule has 0 unspecified atom stereocenters. The summed E-state index contributed by atoms with van der Waals surface area (Å²) in [5, 5.41) is 11.4.